The van der Waals surface area contributed by atoms with Gasteiger partial charge >= 0.3 is 0 Å². The maximum Gasteiger partial charge on any atom is 0.241 e. The van der Waals surface area contributed by atoms with E-state index in [0.29, 0.717) is 0 Å². The second kappa shape index (κ2) is 9.33. The lowest BCUT2D eigenvalue weighted by atomic mass is 10.1. The SMILES string of the molecule is CCc1ccc(NC(=O)[C@@H](C)N2CCN([C@H]3CCCCNC3=O)CC2)cc1. The van der Waals surface area contributed by atoms with Crippen LogP contribution in [0, 0.1) is 0 Å². The first-order valence-electron chi connectivity index (χ1n) is 10.2. The summed E-state index contributed by atoms with van der Waals surface area (Å²) in [5.41, 5.74) is 2.11. The molecule has 0 radical (unpaired) electrons. The van der Waals surface area contributed by atoms with E-state index in [1.807, 2.05) is 19.1 Å². The highest BCUT2D eigenvalue weighted by Crippen LogP contribution is 2.17. The zero-order chi connectivity index (χ0) is 19.2. The van der Waals surface area contributed by atoms with Crippen LogP contribution in [0.4, 0.5) is 5.69 Å². The summed E-state index contributed by atoms with van der Waals surface area (Å²) in [6.45, 7) is 8.17. The van der Waals surface area contributed by atoms with Crippen molar-refractivity contribution in [1.82, 2.24) is 15.1 Å². The lowest BCUT2D eigenvalue weighted by Gasteiger charge is -2.40. The fourth-order valence-electron chi connectivity index (χ4n) is 3.94. The highest BCUT2D eigenvalue weighted by molar-refractivity contribution is 5.94. The van der Waals surface area contributed by atoms with Crippen molar-refractivity contribution >= 4 is 17.5 Å². The predicted octanol–water partition coefficient (Wildman–Crippen LogP) is 1.86. The van der Waals surface area contributed by atoms with Gasteiger partial charge in [0, 0.05) is 38.4 Å². The van der Waals surface area contributed by atoms with Crippen LogP contribution in [0.5, 0.6) is 0 Å². The highest BCUT2D eigenvalue weighted by Gasteiger charge is 2.32. The van der Waals surface area contributed by atoms with Gasteiger partial charge in [0.2, 0.25) is 11.8 Å². The van der Waals surface area contributed by atoms with E-state index < -0.39 is 0 Å². The molecule has 2 saturated heterocycles. The van der Waals surface area contributed by atoms with Gasteiger partial charge in [-0.2, -0.15) is 0 Å². The number of nitrogens with zero attached hydrogens (tertiary/aromatic N) is 2. The molecule has 2 aliphatic rings. The number of aryl methyl sites for hydroxylation is 1. The van der Waals surface area contributed by atoms with Crippen LogP contribution in [0.15, 0.2) is 24.3 Å². The number of nitrogens with one attached hydrogen (secondary N) is 2. The average Bonchev–Trinajstić information content (AvgIpc) is 2.92. The summed E-state index contributed by atoms with van der Waals surface area (Å²) in [5, 5.41) is 6.04. The summed E-state index contributed by atoms with van der Waals surface area (Å²) in [4.78, 5) is 29.4. The van der Waals surface area contributed by atoms with Crippen LogP contribution in [0.3, 0.4) is 0 Å². The fraction of sp³-hybridized carbons (Fsp3) is 0.619. The van der Waals surface area contributed by atoms with Crippen molar-refractivity contribution < 1.29 is 9.59 Å². The first-order chi connectivity index (χ1) is 13.1. The fourth-order valence-corrected chi connectivity index (χ4v) is 3.94. The molecule has 2 aliphatic heterocycles. The van der Waals surface area contributed by atoms with Gasteiger partial charge in [0.05, 0.1) is 12.1 Å². The predicted molar refractivity (Wildman–Crippen MR) is 108 cm³/mol. The van der Waals surface area contributed by atoms with Crippen LogP contribution in [0.25, 0.3) is 0 Å². The van der Waals surface area contributed by atoms with Gasteiger partial charge in [-0.1, -0.05) is 19.1 Å². The molecule has 0 unspecified atom stereocenters. The third-order valence-electron chi connectivity index (χ3n) is 5.85. The summed E-state index contributed by atoms with van der Waals surface area (Å²) in [6, 6.07) is 7.85. The van der Waals surface area contributed by atoms with Crippen molar-refractivity contribution in [3.05, 3.63) is 29.8 Å². The zero-order valence-electron chi connectivity index (χ0n) is 16.5. The Hall–Kier alpha value is -1.92. The number of hydrogen-bond donors (Lipinski definition) is 2. The van der Waals surface area contributed by atoms with Crippen molar-refractivity contribution in [2.45, 2.75) is 51.6 Å². The van der Waals surface area contributed by atoms with Crippen LogP contribution < -0.4 is 10.6 Å². The minimum absolute atomic E-state index is 0.00383. The quantitative estimate of drug-likeness (QED) is 0.828. The van der Waals surface area contributed by atoms with Crippen LogP contribution in [0.1, 0.15) is 38.7 Å². The Balaban J connectivity index is 1.50. The van der Waals surface area contributed by atoms with Gasteiger partial charge in [0.15, 0.2) is 0 Å². The maximum atomic E-state index is 12.6. The number of hydrogen-bond acceptors (Lipinski definition) is 4. The van der Waals surface area contributed by atoms with Crippen molar-refractivity contribution in [2.24, 2.45) is 0 Å². The van der Waals surface area contributed by atoms with Crippen molar-refractivity contribution in [2.75, 3.05) is 38.0 Å². The largest absolute Gasteiger partial charge is 0.355 e. The molecule has 0 spiro atoms. The molecular weight excluding hydrogens is 340 g/mol. The minimum atomic E-state index is -0.180. The van der Waals surface area contributed by atoms with Gasteiger partial charge in [-0.05, 0) is 50.3 Å². The van der Waals surface area contributed by atoms with E-state index in [1.54, 1.807) is 0 Å². The molecule has 2 atom stereocenters. The van der Waals surface area contributed by atoms with Gasteiger partial charge < -0.3 is 10.6 Å². The number of piperazine rings is 1. The first kappa shape index (κ1) is 19.8. The molecule has 2 N–H and O–H groups in total. The van der Waals surface area contributed by atoms with Crippen LogP contribution in [0.2, 0.25) is 0 Å². The van der Waals surface area contributed by atoms with Gasteiger partial charge in [-0.3, -0.25) is 19.4 Å². The molecule has 2 heterocycles. The lowest BCUT2D eigenvalue weighted by molar-refractivity contribution is -0.128. The third-order valence-corrected chi connectivity index (χ3v) is 5.85. The Labute approximate surface area is 162 Å². The molecule has 2 amide bonds. The number of anilines is 1. The third kappa shape index (κ3) is 5.08. The second-order valence-electron chi connectivity index (χ2n) is 7.59. The number of rotatable bonds is 5. The maximum absolute atomic E-state index is 12.6. The Morgan fingerprint density at radius 2 is 1.89 bits per heavy atom. The van der Waals surface area contributed by atoms with E-state index in [9.17, 15) is 9.59 Å². The van der Waals surface area contributed by atoms with Crippen molar-refractivity contribution in [1.29, 1.82) is 0 Å². The summed E-state index contributed by atoms with van der Waals surface area (Å²) in [6.07, 6.45) is 4.10. The van der Waals surface area contributed by atoms with Gasteiger partial charge in [-0.25, -0.2) is 0 Å². The Kier molecular flexibility index (Phi) is 6.85. The molecule has 0 saturated carbocycles. The van der Waals surface area contributed by atoms with E-state index >= 15 is 0 Å². The Morgan fingerprint density at radius 1 is 1.19 bits per heavy atom. The molecule has 3 rings (SSSR count). The van der Waals surface area contributed by atoms with E-state index in [0.717, 1.165) is 64.1 Å². The number of benzene rings is 1. The second-order valence-corrected chi connectivity index (χ2v) is 7.59. The van der Waals surface area contributed by atoms with Crippen LogP contribution >= 0.6 is 0 Å². The standard InChI is InChI=1S/C21H32N4O2/c1-3-17-7-9-18(10-8-17)23-20(26)16(2)24-12-14-25(15-13-24)19-6-4-5-11-22-21(19)27/h7-10,16,19H,3-6,11-15H2,1-2H3,(H,22,27)(H,23,26)/t16-,19+/m1/s1. The molecule has 0 aromatic heterocycles. The van der Waals surface area contributed by atoms with Crippen molar-refractivity contribution in [3.63, 3.8) is 0 Å². The van der Waals surface area contributed by atoms with Gasteiger partial charge in [0.1, 0.15) is 0 Å². The first-order valence-corrected chi connectivity index (χ1v) is 10.2. The van der Waals surface area contributed by atoms with Crippen LogP contribution in [-0.2, 0) is 16.0 Å². The number of carbonyl (C=O) groups is 2. The lowest BCUT2D eigenvalue weighted by Crippen LogP contribution is -2.57. The summed E-state index contributed by atoms with van der Waals surface area (Å²) >= 11 is 0. The zero-order valence-corrected chi connectivity index (χ0v) is 16.5. The highest BCUT2D eigenvalue weighted by atomic mass is 16.2. The van der Waals surface area contributed by atoms with Gasteiger partial charge in [-0.15, -0.1) is 0 Å². The molecule has 6 heteroatoms. The van der Waals surface area contributed by atoms with E-state index in [4.69, 9.17) is 0 Å². The Bertz CT molecular complexity index is 638. The number of amides is 2. The topological polar surface area (TPSA) is 64.7 Å². The summed E-state index contributed by atoms with van der Waals surface area (Å²) < 4.78 is 0. The van der Waals surface area contributed by atoms with E-state index in [2.05, 4.69) is 39.5 Å². The molecule has 27 heavy (non-hydrogen) atoms. The average molecular weight is 373 g/mol. The molecule has 1 aromatic carbocycles. The molecular formula is C21H32N4O2. The van der Waals surface area contributed by atoms with E-state index in [1.165, 1.54) is 5.56 Å². The summed E-state index contributed by atoms with van der Waals surface area (Å²) in [5.74, 6) is 0.196. The minimum Gasteiger partial charge on any atom is -0.355 e. The molecule has 6 nitrogen and oxygen atoms in total. The molecule has 148 valence electrons. The number of carbonyl (C=O) groups excluding carboxylic acids is 2. The van der Waals surface area contributed by atoms with E-state index in [-0.39, 0.29) is 23.9 Å². The molecule has 0 bridgehead atoms. The normalized spacial score (nSPS) is 23.3. The monoisotopic (exact) mass is 372 g/mol. The molecule has 1 aromatic rings. The Morgan fingerprint density at radius 3 is 2.56 bits per heavy atom. The smallest absolute Gasteiger partial charge is 0.241 e. The molecule has 0 aliphatic carbocycles. The molecule has 2 fully saturated rings. The summed E-state index contributed by atoms with van der Waals surface area (Å²) in [7, 11) is 0. The van der Waals surface area contributed by atoms with Crippen molar-refractivity contribution in [3.8, 4) is 0 Å². The van der Waals surface area contributed by atoms with Gasteiger partial charge in [0.25, 0.3) is 0 Å². The van der Waals surface area contributed by atoms with Crippen LogP contribution in [-0.4, -0.2) is 66.4 Å².